The second-order valence-corrected chi connectivity index (χ2v) is 4.15. The number of hydrogen-bond acceptors (Lipinski definition) is 2. The molecule has 0 aromatic heterocycles. The van der Waals surface area contributed by atoms with E-state index in [4.69, 9.17) is 4.74 Å². The van der Waals surface area contributed by atoms with Crippen LogP contribution in [-0.4, -0.2) is 20.3 Å². The molecule has 0 saturated heterocycles. The van der Waals surface area contributed by atoms with Crippen molar-refractivity contribution in [3.8, 4) is 0 Å². The van der Waals surface area contributed by atoms with Crippen LogP contribution in [0.1, 0.15) is 30.9 Å². The minimum absolute atomic E-state index is 0.577. The zero-order valence-corrected chi connectivity index (χ0v) is 10.1. The summed E-state index contributed by atoms with van der Waals surface area (Å²) in [7, 11) is 1.72. The Hall–Kier alpha value is -1.02. The van der Waals surface area contributed by atoms with Gasteiger partial charge in [-0.05, 0) is 30.0 Å². The van der Waals surface area contributed by atoms with Gasteiger partial charge in [0.15, 0.2) is 0 Å². The normalized spacial score (nSPS) is 10.7. The first-order chi connectivity index (χ1) is 7.15. The van der Waals surface area contributed by atoms with Gasteiger partial charge in [-0.1, -0.05) is 26.0 Å². The van der Waals surface area contributed by atoms with Crippen LogP contribution < -0.4 is 5.32 Å². The second-order valence-electron chi connectivity index (χ2n) is 4.15. The van der Waals surface area contributed by atoms with Crippen molar-refractivity contribution in [3.05, 3.63) is 29.3 Å². The van der Waals surface area contributed by atoms with Crippen LogP contribution in [0.5, 0.6) is 0 Å². The summed E-state index contributed by atoms with van der Waals surface area (Å²) < 4.78 is 5.02. The molecule has 0 aliphatic rings. The Balaban J connectivity index is 2.72. The Morgan fingerprint density at radius 1 is 1.33 bits per heavy atom. The lowest BCUT2D eigenvalue weighted by Crippen LogP contribution is -2.09. The standard InChI is InChI=1S/C13H21NO/c1-10(2)12-6-5-11(3)13(9-12)14-7-8-15-4/h5-6,9-10,14H,7-8H2,1-4H3. The topological polar surface area (TPSA) is 21.3 Å². The first-order valence-electron chi connectivity index (χ1n) is 5.48. The summed E-state index contributed by atoms with van der Waals surface area (Å²) in [5.74, 6) is 0.577. The highest BCUT2D eigenvalue weighted by Gasteiger charge is 2.02. The fourth-order valence-electron chi connectivity index (χ4n) is 1.48. The Morgan fingerprint density at radius 2 is 2.07 bits per heavy atom. The average Bonchev–Trinajstić information content (AvgIpc) is 2.20. The highest BCUT2D eigenvalue weighted by atomic mass is 16.5. The largest absolute Gasteiger partial charge is 0.383 e. The molecule has 0 aliphatic heterocycles. The van der Waals surface area contributed by atoms with Crippen LogP contribution in [0.2, 0.25) is 0 Å². The van der Waals surface area contributed by atoms with Gasteiger partial charge in [-0.15, -0.1) is 0 Å². The van der Waals surface area contributed by atoms with Crippen molar-refractivity contribution in [1.82, 2.24) is 0 Å². The Labute approximate surface area is 92.6 Å². The molecular formula is C13H21NO. The van der Waals surface area contributed by atoms with E-state index in [1.807, 2.05) is 0 Å². The van der Waals surface area contributed by atoms with Crippen LogP contribution >= 0.6 is 0 Å². The molecule has 1 aromatic carbocycles. The van der Waals surface area contributed by atoms with Gasteiger partial charge in [-0.2, -0.15) is 0 Å². The molecule has 0 fully saturated rings. The SMILES string of the molecule is COCCNc1cc(C(C)C)ccc1C. The van der Waals surface area contributed by atoms with Crippen molar-refractivity contribution in [3.63, 3.8) is 0 Å². The van der Waals surface area contributed by atoms with E-state index in [1.54, 1.807) is 7.11 Å². The van der Waals surface area contributed by atoms with Crippen LogP contribution in [-0.2, 0) is 4.74 Å². The minimum atomic E-state index is 0.577. The molecule has 15 heavy (non-hydrogen) atoms. The van der Waals surface area contributed by atoms with Gasteiger partial charge < -0.3 is 10.1 Å². The van der Waals surface area contributed by atoms with Crippen LogP contribution in [0, 0.1) is 6.92 Å². The summed E-state index contributed by atoms with van der Waals surface area (Å²) in [6.07, 6.45) is 0. The highest BCUT2D eigenvalue weighted by Crippen LogP contribution is 2.21. The first-order valence-corrected chi connectivity index (χ1v) is 5.48. The molecule has 1 rings (SSSR count). The second kappa shape index (κ2) is 5.76. The number of rotatable bonds is 5. The van der Waals surface area contributed by atoms with Crippen molar-refractivity contribution in [2.45, 2.75) is 26.7 Å². The summed E-state index contributed by atoms with van der Waals surface area (Å²) in [5.41, 5.74) is 3.88. The maximum Gasteiger partial charge on any atom is 0.0635 e. The van der Waals surface area contributed by atoms with Gasteiger partial charge in [0.1, 0.15) is 0 Å². The van der Waals surface area contributed by atoms with E-state index in [-0.39, 0.29) is 0 Å². The lowest BCUT2D eigenvalue weighted by Gasteiger charge is -2.13. The molecular weight excluding hydrogens is 186 g/mol. The summed E-state index contributed by atoms with van der Waals surface area (Å²) in [6.45, 7) is 8.15. The third-order valence-electron chi connectivity index (χ3n) is 2.55. The lowest BCUT2D eigenvalue weighted by molar-refractivity contribution is 0.211. The molecule has 84 valence electrons. The van der Waals surface area contributed by atoms with E-state index in [0.29, 0.717) is 5.92 Å². The molecule has 1 aromatic rings. The Bertz CT molecular complexity index is 307. The minimum Gasteiger partial charge on any atom is -0.383 e. The molecule has 0 unspecified atom stereocenters. The van der Waals surface area contributed by atoms with E-state index >= 15 is 0 Å². The number of benzene rings is 1. The Kier molecular flexibility index (Phi) is 4.63. The van der Waals surface area contributed by atoms with Gasteiger partial charge >= 0.3 is 0 Å². The summed E-state index contributed by atoms with van der Waals surface area (Å²) in [5, 5.41) is 3.38. The monoisotopic (exact) mass is 207 g/mol. The van der Waals surface area contributed by atoms with Crippen molar-refractivity contribution in [1.29, 1.82) is 0 Å². The van der Waals surface area contributed by atoms with E-state index in [2.05, 4.69) is 44.3 Å². The third-order valence-corrected chi connectivity index (χ3v) is 2.55. The number of aryl methyl sites for hydroxylation is 1. The van der Waals surface area contributed by atoms with Gasteiger partial charge in [0.2, 0.25) is 0 Å². The molecule has 0 bridgehead atoms. The smallest absolute Gasteiger partial charge is 0.0635 e. The number of anilines is 1. The molecule has 2 heteroatoms. The number of nitrogens with one attached hydrogen (secondary N) is 1. The number of ether oxygens (including phenoxy) is 1. The Morgan fingerprint density at radius 3 is 2.67 bits per heavy atom. The van der Waals surface area contributed by atoms with E-state index < -0.39 is 0 Å². The van der Waals surface area contributed by atoms with Crippen molar-refractivity contribution >= 4 is 5.69 Å². The van der Waals surface area contributed by atoms with Crippen LogP contribution in [0.4, 0.5) is 5.69 Å². The maximum atomic E-state index is 5.02. The molecule has 1 N–H and O–H groups in total. The van der Waals surface area contributed by atoms with Crippen molar-refractivity contribution < 1.29 is 4.74 Å². The predicted octanol–water partition coefficient (Wildman–Crippen LogP) is 3.18. The van der Waals surface area contributed by atoms with Gasteiger partial charge in [-0.3, -0.25) is 0 Å². The van der Waals surface area contributed by atoms with E-state index in [1.165, 1.54) is 16.8 Å². The third kappa shape index (κ3) is 3.56. The van der Waals surface area contributed by atoms with Crippen LogP contribution in [0.25, 0.3) is 0 Å². The van der Waals surface area contributed by atoms with Gasteiger partial charge in [0.25, 0.3) is 0 Å². The van der Waals surface area contributed by atoms with Gasteiger partial charge in [-0.25, -0.2) is 0 Å². The van der Waals surface area contributed by atoms with Crippen molar-refractivity contribution in [2.75, 3.05) is 25.6 Å². The predicted molar refractivity (Wildman–Crippen MR) is 65.6 cm³/mol. The van der Waals surface area contributed by atoms with Gasteiger partial charge in [0.05, 0.1) is 6.61 Å². The zero-order chi connectivity index (χ0) is 11.3. The van der Waals surface area contributed by atoms with E-state index in [9.17, 15) is 0 Å². The highest BCUT2D eigenvalue weighted by molar-refractivity contribution is 5.53. The molecule has 0 atom stereocenters. The zero-order valence-electron chi connectivity index (χ0n) is 10.1. The van der Waals surface area contributed by atoms with Crippen molar-refractivity contribution in [2.24, 2.45) is 0 Å². The summed E-state index contributed by atoms with van der Waals surface area (Å²) >= 11 is 0. The first kappa shape index (κ1) is 12.1. The summed E-state index contributed by atoms with van der Waals surface area (Å²) in [6, 6.07) is 6.60. The van der Waals surface area contributed by atoms with Crippen LogP contribution in [0.15, 0.2) is 18.2 Å². The molecule has 0 aliphatic carbocycles. The van der Waals surface area contributed by atoms with Crippen LogP contribution in [0.3, 0.4) is 0 Å². The maximum absolute atomic E-state index is 5.02. The molecule has 0 amide bonds. The average molecular weight is 207 g/mol. The number of hydrogen-bond donors (Lipinski definition) is 1. The lowest BCUT2D eigenvalue weighted by atomic mass is 10.0. The fraction of sp³-hybridized carbons (Fsp3) is 0.538. The number of methoxy groups -OCH3 is 1. The molecule has 0 spiro atoms. The summed E-state index contributed by atoms with van der Waals surface area (Å²) in [4.78, 5) is 0. The molecule has 2 nitrogen and oxygen atoms in total. The fourth-order valence-corrected chi connectivity index (χ4v) is 1.48. The van der Waals surface area contributed by atoms with E-state index in [0.717, 1.165) is 13.2 Å². The quantitative estimate of drug-likeness (QED) is 0.749. The molecule has 0 radical (unpaired) electrons. The molecule has 0 heterocycles. The molecule has 0 saturated carbocycles. The van der Waals surface area contributed by atoms with Gasteiger partial charge in [0, 0.05) is 19.3 Å².